The molecule has 0 aliphatic rings. The highest BCUT2D eigenvalue weighted by molar-refractivity contribution is 7.13. The summed E-state index contributed by atoms with van der Waals surface area (Å²) in [5.74, 6) is 0.908. The van der Waals surface area contributed by atoms with Gasteiger partial charge < -0.3 is 10.5 Å². The summed E-state index contributed by atoms with van der Waals surface area (Å²) in [6, 6.07) is 6.06. The van der Waals surface area contributed by atoms with Crippen molar-refractivity contribution in [3.8, 4) is 5.75 Å². The first kappa shape index (κ1) is 12.6. The van der Waals surface area contributed by atoms with Crippen LogP contribution in [0.15, 0.2) is 24.4 Å². The maximum absolute atomic E-state index is 7.31. The third-order valence-corrected chi connectivity index (χ3v) is 3.50. The van der Waals surface area contributed by atoms with E-state index in [1.54, 1.807) is 6.20 Å². The van der Waals surface area contributed by atoms with Crippen molar-refractivity contribution < 1.29 is 4.74 Å². The third kappa shape index (κ3) is 2.87. The summed E-state index contributed by atoms with van der Waals surface area (Å²) >= 11 is 1.38. The van der Waals surface area contributed by atoms with Gasteiger partial charge in [-0.05, 0) is 25.5 Å². The summed E-state index contributed by atoms with van der Waals surface area (Å²) in [4.78, 5) is 4.85. The largest absolute Gasteiger partial charge is 0.486 e. The molecule has 94 valence electrons. The predicted molar refractivity (Wildman–Crippen MR) is 73.4 cm³/mol. The molecule has 18 heavy (non-hydrogen) atoms. The van der Waals surface area contributed by atoms with E-state index >= 15 is 0 Å². The molecule has 0 unspecified atom stereocenters. The topological polar surface area (TPSA) is 72.0 Å². The summed E-state index contributed by atoms with van der Waals surface area (Å²) in [6.07, 6.45) is 1.60. The molecular formula is C13H15N3OS. The van der Waals surface area contributed by atoms with Crippen molar-refractivity contribution in [2.75, 3.05) is 0 Å². The number of amidine groups is 1. The second-order valence-corrected chi connectivity index (χ2v) is 5.20. The Bertz CT molecular complexity index is 577. The van der Waals surface area contributed by atoms with Crippen molar-refractivity contribution in [3.05, 3.63) is 45.4 Å². The zero-order valence-electron chi connectivity index (χ0n) is 10.4. The molecule has 4 nitrogen and oxygen atoms in total. The average molecular weight is 261 g/mol. The van der Waals surface area contributed by atoms with E-state index in [-0.39, 0.29) is 5.84 Å². The molecule has 0 saturated carbocycles. The van der Waals surface area contributed by atoms with Gasteiger partial charge in [0.2, 0.25) is 0 Å². The van der Waals surface area contributed by atoms with Gasteiger partial charge in [-0.15, -0.1) is 11.3 Å². The molecule has 0 aliphatic heterocycles. The smallest absolute Gasteiger partial charge is 0.140 e. The van der Waals surface area contributed by atoms with E-state index in [4.69, 9.17) is 15.9 Å². The van der Waals surface area contributed by atoms with Crippen LogP contribution in [0.1, 0.15) is 21.0 Å². The molecule has 1 aromatic carbocycles. The summed E-state index contributed by atoms with van der Waals surface area (Å²) < 4.78 is 5.71. The van der Waals surface area contributed by atoms with Gasteiger partial charge >= 0.3 is 0 Å². The number of nitrogens with one attached hydrogen (secondary N) is 1. The van der Waals surface area contributed by atoms with E-state index in [1.165, 1.54) is 16.9 Å². The molecule has 5 heteroatoms. The SMILES string of the molecule is Cc1ccc(OCc2ncc(C(=N)N)s2)c(C)c1. The molecule has 0 amide bonds. The molecule has 0 spiro atoms. The highest BCUT2D eigenvalue weighted by Crippen LogP contribution is 2.21. The van der Waals surface area contributed by atoms with Gasteiger partial charge in [0.05, 0.1) is 4.88 Å². The van der Waals surface area contributed by atoms with E-state index in [0.717, 1.165) is 16.3 Å². The first-order valence-electron chi connectivity index (χ1n) is 5.55. The van der Waals surface area contributed by atoms with Crippen molar-refractivity contribution in [1.82, 2.24) is 4.98 Å². The summed E-state index contributed by atoms with van der Waals surface area (Å²) in [7, 11) is 0. The van der Waals surface area contributed by atoms with Gasteiger partial charge in [0.15, 0.2) is 0 Å². The van der Waals surface area contributed by atoms with Crippen LogP contribution in [-0.2, 0) is 6.61 Å². The summed E-state index contributed by atoms with van der Waals surface area (Å²) in [5.41, 5.74) is 7.71. The number of hydrogen-bond acceptors (Lipinski definition) is 4. The van der Waals surface area contributed by atoms with Crippen LogP contribution in [0.4, 0.5) is 0 Å². The fourth-order valence-corrected chi connectivity index (χ4v) is 2.29. The monoisotopic (exact) mass is 261 g/mol. The molecule has 0 atom stereocenters. The second kappa shape index (κ2) is 5.18. The Morgan fingerprint density at radius 2 is 2.22 bits per heavy atom. The Balaban J connectivity index is 2.04. The van der Waals surface area contributed by atoms with Gasteiger partial charge in [0, 0.05) is 6.20 Å². The Morgan fingerprint density at radius 3 is 2.83 bits per heavy atom. The number of aromatic nitrogens is 1. The number of nitrogen functional groups attached to an aromatic ring is 1. The van der Waals surface area contributed by atoms with E-state index < -0.39 is 0 Å². The predicted octanol–water partition coefficient (Wildman–Crippen LogP) is 2.62. The van der Waals surface area contributed by atoms with Gasteiger partial charge in [-0.1, -0.05) is 17.7 Å². The Labute approximate surface area is 110 Å². The lowest BCUT2D eigenvalue weighted by Gasteiger charge is -2.07. The first-order chi connectivity index (χ1) is 8.56. The van der Waals surface area contributed by atoms with E-state index in [1.807, 2.05) is 19.1 Å². The highest BCUT2D eigenvalue weighted by atomic mass is 32.1. The lowest BCUT2D eigenvalue weighted by molar-refractivity contribution is 0.303. The minimum Gasteiger partial charge on any atom is -0.486 e. The maximum atomic E-state index is 7.31. The van der Waals surface area contributed by atoms with Crippen molar-refractivity contribution >= 4 is 17.2 Å². The van der Waals surface area contributed by atoms with Crippen molar-refractivity contribution in [2.45, 2.75) is 20.5 Å². The van der Waals surface area contributed by atoms with E-state index in [9.17, 15) is 0 Å². The normalized spacial score (nSPS) is 10.3. The first-order valence-corrected chi connectivity index (χ1v) is 6.37. The van der Waals surface area contributed by atoms with Crippen LogP contribution in [0.3, 0.4) is 0 Å². The van der Waals surface area contributed by atoms with Crippen molar-refractivity contribution in [3.63, 3.8) is 0 Å². The number of ether oxygens (including phenoxy) is 1. The zero-order chi connectivity index (χ0) is 13.1. The fourth-order valence-electron chi connectivity index (χ4n) is 1.60. The molecule has 0 bridgehead atoms. The van der Waals surface area contributed by atoms with Crippen LogP contribution in [0.2, 0.25) is 0 Å². The quantitative estimate of drug-likeness (QED) is 0.656. The van der Waals surface area contributed by atoms with Crippen molar-refractivity contribution in [2.24, 2.45) is 5.73 Å². The number of nitrogens with zero attached hydrogens (tertiary/aromatic N) is 1. The third-order valence-electron chi connectivity index (χ3n) is 2.50. The van der Waals surface area contributed by atoms with Crippen LogP contribution in [0.25, 0.3) is 0 Å². The zero-order valence-corrected chi connectivity index (χ0v) is 11.2. The lowest BCUT2D eigenvalue weighted by Crippen LogP contribution is -2.08. The molecule has 1 heterocycles. The number of rotatable bonds is 4. The number of nitrogens with two attached hydrogens (primary N) is 1. The molecule has 0 saturated heterocycles. The van der Waals surface area contributed by atoms with Crippen LogP contribution < -0.4 is 10.5 Å². The minimum atomic E-state index is 0.0465. The minimum absolute atomic E-state index is 0.0465. The fraction of sp³-hybridized carbons (Fsp3) is 0.231. The molecule has 0 aliphatic carbocycles. The standard InChI is InChI=1S/C13H15N3OS/c1-8-3-4-10(9(2)5-8)17-7-12-16-6-11(18-12)13(14)15/h3-6H,7H2,1-2H3,(H3,14,15). The molecule has 0 fully saturated rings. The maximum Gasteiger partial charge on any atom is 0.140 e. The van der Waals surface area contributed by atoms with Crippen LogP contribution in [-0.4, -0.2) is 10.8 Å². The van der Waals surface area contributed by atoms with E-state index in [2.05, 4.69) is 18.0 Å². The van der Waals surface area contributed by atoms with Gasteiger partial charge in [-0.2, -0.15) is 0 Å². The number of benzene rings is 1. The van der Waals surface area contributed by atoms with Gasteiger partial charge in [0.1, 0.15) is 23.2 Å². The lowest BCUT2D eigenvalue weighted by atomic mass is 10.1. The van der Waals surface area contributed by atoms with Crippen LogP contribution >= 0.6 is 11.3 Å². The summed E-state index contributed by atoms with van der Waals surface area (Å²) in [5, 5.41) is 8.13. The molecule has 3 N–H and O–H groups in total. The molecule has 1 aromatic heterocycles. The van der Waals surface area contributed by atoms with Gasteiger partial charge in [0.25, 0.3) is 0 Å². The molecular weight excluding hydrogens is 246 g/mol. The number of thiazole rings is 1. The second-order valence-electron chi connectivity index (χ2n) is 4.09. The molecule has 0 radical (unpaired) electrons. The van der Waals surface area contributed by atoms with E-state index in [0.29, 0.717) is 11.5 Å². The van der Waals surface area contributed by atoms with Gasteiger partial charge in [-0.25, -0.2) is 4.98 Å². The van der Waals surface area contributed by atoms with Crippen molar-refractivity contribution in [1.29, 1.82) is 5.41 Å². The van der Waals surface area contributed by atoms with Crippen LogP contribution in [0.5, 0.6) is 5.75 Å². The number of hydrogen-bond donors (Lipinski definition) is 2. The number of aryl methyl sites for hydroxylation is 2. The Kier molecular flexibility index (Phi) is 3.62. The van der Waals surface area contributed by atoms with Gasteiger partial charge in [-0.3, -0.25) is 5.41 Å². The Hall–Kier alpha value is -1.88. The molecule has 2 rings (SSSR count). The Morgan fingerprint density at radius 1 is 1.44 bits per heavy atom. The highest BCUT2D eigenvalue weighted by Gasteiger charge is 2.06. The average Bonchev–Trinajstić information content (AvgIpc) is 2.76. The van der Waals surface area contributed by atoms with Crippen LogP contribution in [0, 0.1) is 19.3 Å². The summed E-state index contributed by atoms with van der Waals surface area (Å²) in [6.45, 7) is 4.48. The molecule has 2 aromatic rings.